The molecule has 0 amide bonds. The van der Waals surface area contributed by atoms with Crippen molar-refractivity contribution in [3.05, 3.63) is 38.9 Å². The SMILES string of the molecule is Cc1ccnc(N2CC[C@@H]3CN(c4c(C#N)c(=O)n(C)c5sc(C)nc45)CC[C@@H]32)n1. The molecule has 2 fully saturated rings. The Kier molecular flexibility index (Phi) is 4.47. The van der Waals surface area contributed by atoms with Gasteiger partial charge < -0.3 is 14.4 Å². The summed E-state index contributed by atoms with van der Waals surface area (Å²) in [5, 5.41) is 10.7. The van der Waals surface area contributed by atoms with Crippen LogP contribution in [-0.4, -0.2) is 45.2 Å². The maximum atomic E-state index is 12.9. The van der Waals surface area contributed by atoms with Crippen LogP contribution in [0.3, 0.4) is 0 Å². The fraction of sp³-hybridized carbons (Fsp3) is 0.476. The maximum Gasteiger partial charge on any atom is 0.271 e. The molecule has 5 rings (SSSR count). The van der Waals surface area contributed by atoms with E-state index in [1.807, 2.05) is 26.1 Å². The number of pyridine rings is 1. The normalized spacial score (nSPS) is 21.1. The minimum atomic E-state index is -0.244. The van der Waals surface area contributed by atoms with E-state index < -0.39 is 0 Å². The Morgan fingerprint density at radius 1 is 1.23 bits per heavy atom. The van der Waals surface area contributed by atoms with Gasteiger partial charge in [-0.1, -0.05) is 0 Å². The van der Waals surface area contributed by atoms with Crippen LogP contribution in [0.5, 0.6) is 0 Å². The molecule has 8 nitrogen and oxygen atoms in total. The molecule has 2 saturated heterocycles. The largest absolute Gasteiger partial charge is 0.368 e. The summed E-state index contributed by atoms with van der Waals surface area (Å²) >= 11 is 1.50. The number of hydrogen-bond acceptors (Lipinski definition) is 8. The zero-order chi connectivity index (χ0) is 21.0. The van der Waals surface area contributed by atoms with E-state index in [1.165, 1.54) is 11.3 Å². The Labute approximate surface area is 178 Å². The first-order chi connectivity index (χ1) is 14.5. The predicted molar refractivity (Wildman–Crippen MR) is 117 cm³/mol. The molecule has 30 heavy (non-hydrogen) atoms. The molecule has 9 heteroatoms. The zero-order valence-corrected chi connectivity index (χ0v) is 18.1. The molecule has 154 valence electrons. The highest BCUT2D eigenvalue weighted by atomic mass is 32.1. The van der Waals surface area contributed by atoms with E-state index in [0.717, 1.165) is 59.5 Å². The highest BCUT2D eigenvalue weighted by molar-refractivity contribution is 7.18. The molecule has 3 aromatic rings. The number of anilines is 2. The van der Waals surface area contributed by atoms with E-state index in [4.69, 9.17) is 4.98 Å². The Hall–Kier alpha value is -2.99. The summed E-state index contributed by atoms with van der Waals surface area (Å²) in [6.07, 6.45) is 3.80. The van der Waals surface area contributed by atoms with Gasteiger partial charge in [-0.05, 0) is 38.7 Å². The fourth-order valence-electron chi connectivity index (χ4n) is 4.90. The van der Waals surface area contributed by atoms with Gasteiger partial charge in [-0.3, -0.25) is 4.79 Å². The van der Waals surface area contributed by atoms with Gasteiger partial charge in [0.25, 0.3) is 5.56 Å². The fourth-order valence-corrected chi connectivity index (χ4v) is 5.77. The van der Waals surface area contributed by atoms with E-state index in [0.29, 0.717) is 17.6 Å². The number of hydrogen-bond donors (Lipinski definition) is 0. The van der Waals surface area contributed by atoms with Crippen molar-refractivity contribution in [2.75, 3.05) is 29.4 Å². The minimum absolute atomic E-state index is 0.200. The maximum absolute atomic E-state index is 12.9. The summed E-state index contributed by atoms with van der Waals surface area (Å²) < 4.78 is 1.56. The smallest absolute Gasteiger partial charge is 0.271 e. The standard InChI is InChI=1S/C21H23N7OS/c1-12-4-7-23-21(24-12)28-9-5-14-11-27(8-6-16(14)28)18-15(10-22)19(29)26(3)20-17(18)25-13(2)30-20/h4,7,14,16H,5-6,8-9,11H2,1-3H3/t14-,16+/m1/s1. The third kappa shape index (κ3) is 2.86. The first-order valence-electron chi connectivity index (χ1n) is 10.2. The van der Waals surface area contributed by atoms with Crippen molar-refractivity contribution in [2.45, 2.75) is 32.7 Å². The number of thiazole rings is 1. The summed E-state index contributed by atoms with van der Waals surface area (Å²) in [6, 6.07) is 4.46. The van der Waals surface area contributed by atoms with Gasteiger partial charge in [0.15, 0.2) is 0 Å². The average molecular weight is 422 g/mol. The number of nitrogens with zero attached hydrogens (tertiary/aromatic N) is 7. The van der Waals surface area contributed by atoms with Crippen molar-refractivity contribution in [2.24, 2.45) is 13.0 Å². The Morgan fingerprint density at radius 3 is 2.83 bits per heavy atom. The van der Waals surface area contributed by atoms with Crippen molar-refractivity contribution in [1.82, 2.24) is 19.5 Å². The second-order valence-electron chi connectivity index (χ2n) is 8.13. The van der Waals surface area contributed by atoms with Gasteiger partial charge in [-0.2, -0.15) is 5.26 Å². The van der Waals surface area contributed by atoms with Crippen molar-refractivity contribution in [1.29, 1.82) is 5.26 Å². The molecule has 0 N–H and O–H groups in total. The molecule has 0 radical (unpaired) electrons. The summed E-state index contributed by atoms with van der Waals surface area (Å²) in [4.78, 5) is 32.0. The lowest BCUT2D eigenvalue weighted by molar-refractivity contribution is 0.394. The molecule has 0 saturated carbocycles. The van der Waals surface area contributed by atoms with Crippen LogP contribution in [0.25, 0.3) is 10.3 Å². The summed E-state index contributed by atoms with van der Waals surface area (Å²) in [5.41, 5.74) is 2.41. The van der Waals surface area contributed by atoms with Gasteiger partial charge in [0, 0.05) is 44.6 Å². The van der Waals surface area contributed by atoms with Crippen LogP contribution in [0.4, 0.5) is 11.6 Å². The number of aryl methyl sites for hydroxylation is 3. The van der Waals surface area contributed by atoms with Crippen LogP contribution in [0.2, 0.25) is 0 Å². The van der Waals surface area contributed by atoms with Crippen LogP contribution in [0.15, 0.2) is 17.1 Å². The number of nitriles is 1. The van der Waals surface area contributed by atoms with E-state index in [2.05, 4.69) is 25.8 Å². The van der Waals surface area contributed by atoms with E-state index in [9.17, 15) is 10.1 Å². The Bertz CT molecular complexity index is 1240. The van der Waals surface area contributed by atoms with Gasteiger partial charge in [0.2, 0.25) is 5.95 Å². The molecule has 0 bridgehead atoms. The molecule has 2 aliphatic rings. The lowest BCUT2D eigenvalue weighted by Crippen LogP contribution is -2.47. The van der Waals surface area contributed by atoms with Gasteiger partial charge in [0.05, 0.1) is 10.7 Å². The van der Waals surface area contributed by atoms with Crippen molar-refractivity contribution >= 4 is 33.3 Å². The van der Waals surface area contributed by atoms with E-state index in [1.54, 1.807) is 11.6 Å². The highest BCUT2D eigenvalue weighted by Gasteiger charge is 2.40. The molecular formula is C21H23N7OS. The molecule has 0 aromatic carbocycles. The number of piperidine rings is 1. The second kappa shape index (κ2) is 7.06. The minimum Gasteiger partial charge on any atom is -0.368 e. The van der Waals surface area contributed by atoms with Crippen LogP contribution in [-0.2, 0) is 7.05 Å². The molecule has 2 atom stereocenters. The Morgan fingerprint density at radius 2 is 2.07 bits per heavy atom. The van der Waals surface area contributed by atoms with Crippen molar-refractivity contribution in [3.63, 3.8) is 0 Å². The zero-order valence-electron chi connectivity index (χ0n) is 17.3. The third-order valence-electron chi connectivity index (χ3n) is 6.30. The van der Waals surface area contributed by atoms with Crippen LogP contribution >= 0.6 is 11.3 Å². The van der Waals surface area contributed by atoms with Gasteiger partial charge in [-0.15, -0.1) is 11.3 Å². The summed E-state index contributed by atoms with van der Waals surface area (Å²) in [5.74, 6) is 1.24. The van der Waals surface area contributed by atoms with Gasteiger partial charge in [-0.25, -0.2) is 15.0 Å². The lowest BCUT2D eigenvalue weighted by Gasteiger charge is -2.39. The molecule has 5 heterocycles. The van der Waals surface area contributed by atoms with Crippen molar-refractivity contribution in [3.8, 4) is 6.07 Å². The molecule has 0 spiro atoms. The van der Waals surface area contributed by atoms with Gasteiger partial charge in [0.1, 0.15) is 22.0 Å². The lowest BCUT2D eigenvalue weighted by atomic mass is 9.92. The molecule has 0 unspecified atom stereocenters. The van der Waals surface area contributed by atoms with Crippen LogP contribution in [0, 0.1) is 31.1 Å². The third-order valence-corrected chi connectivity index (χ3v) is 7.35. The first kappa shape index (κ1) is 19.0. The second-order valence-corrected chi connectivity index (χ2v) is 9.31. The topological polar surface area (TPSA) is 90.9 Å². The highest BCUT2D eigenvalue weighted by Crippen LogP contribution is 2.38. The summed E-state index contributed by atoms with van der Waals surface area (Å²) in [7, 11) is 1.72. The van der Waals surface area contributed by atoms with E-state index in [-0.39, 0.29) is 11.1 Å². The number of fused-ring (bicyclic) bond motifs is 2. The first-order valence-corrected chi connectivity index (χ1v) is 11.0. The predicted octanol–water partition coefficient (Wildman–Crippen LogP) is 2.38. The number of aromatic nitrogens is 4. The molecule has 3 aromatic heterocycles. The van der Waals surface area contributed by atoms with Crippen LogP contribution in [0.1, 0.15) is 29.1 Å². The Balaban J connectivity index is 1.51. The van der Waals surface area contributed by atoms with E-state index >= 15 is 0 Å². The number of rotatable bonds is 2. The molecular weight excluding hydrogens is 398 g/mol. The van der Waals surface area contributed by atoms with Gasteiger partial charge >= 0.3 is 0 Å². The average Bonchev–Trinajstić information content (AvgIpc) is 3.33. The monoisotopic (exact) mass is 421 g/mol. The van der Waals surface area contributed by atoms with Crippen molar-refractivity contribution < 1.29 is 0 Å². The summed E-state index contributed by atoms with van der Waals surface area (Å²) in [6.45, 7) is 6.44. The molecule has 2 aliphatic heterocycles. The molecule has 0 aliphatic carbocycles. The quantitative estimate of drug-likeness (QED) is 0.627. The van der Waals surface area contributed by atoms with Crippen LogP contribution < -0.4 is 15.4 Å².